The first-order valence-electron chi connectivity index (χ1n) is 8.85. The van der Waals surface area contributed by atoms with Crippen LogP contribution >= 0.6 is 11.3 Å². The lowest BCUT2D eigenvalue weighted by atomic mass is 10.2. The summed E-state index contributed by atoms with van der Waals surface area (Å²) in [4.78, 5) is 36.2. The van der Waals surface area contributed by atoms with Gasteiger partial charge in [-0.05, 0) is 42.5 Å². The van der Waals surface area contributed by atoms with Crippen LogP contribution in [0.25, 0.3) is 0 Å². The third-order valence-corrected chi connectivity index (χ3v) is 4.25. The van der Waals surface area contributed by atoms with Crippen molar-refractivity contribution >= 4 is 29.1 Å². The first-order valence-corrected chi connectivity index (χ1v) is 9.73. The van der Waals surface area contributed by atoms with Gasteiger partial charge in [0.2, 0.25) is 0 Å². The number of benzene rings is 1. The van der Waals surface area contributed by atoms with E-state index in [1.807, 2.05) is 20.8 Å². The maximum Gasteiger partial charge on any atom is 0.338 e. The molecule has 0 aliphatic heterocycles. The second kappa shape index (κ2) is 10.5. The van der Waals surface area contributed by atoms with Crippen molar-refractivity contribution in [3.63, 3.8) is 0 Å². The monoisotopic (exact) mass is 405 g/mol. The van der Waals surface area contributed by atoms with E-state index in [0.29, 0.717) is 35.5 Å². The number of carbonyl (C=O) groups is 3. The van der Waals surface area contributed by atoms with Crippen molar-refractivity contribution in [1.82, 2.24) is 5.32 Å². The summed E-state index contributed by atoms with van der Waals surface area (Å²) in [6.07, 6.45) is 0. The molecule has 1 heterocycles. The van der Waals surface area contributed by atoms with Crippen molar-refractivity contribution in [3.05, 3.63) is 46.2 Å². The molecule has 0 spiro atoms. The van der Waals surface area contributed by atoms with Gasteiger partial charge in [0.05, 0.1) is 23.7 Å². The zero-order chi connectivity index (χ0) is 20.5. The van der Waals surface area contributed by atoms with E-state index in [-0.39, 0.29) is 5.56 Å². The molecule has 0 unspecified atom stereocenters. The summed E-state index contributed by atoms with van der Waals surface area (Å²) in [5, 5.41) is 3.89. The van der Waals surface area contributed by atoms with Crippen LogP contribution in [0.4, 0.5) is 0 Å². The fraction of sp³-hybridized carbons (Fsp3) is 0.350. The van der Waals surface area contributed by atoms with Crippen LogP contribution in [0.1, 0.15) is 40.8 Å². The second-order valence-corrected chi connectivity index (χ2v) is 7.18. The lowest BCUT2D eigenvalue weighted by molar-refractivity contribution is -0.123. The fourth-order valence-corrected chi connectivity index (χ4v) is 2.74. The van der Waals surface area contributed by atoms with Crippen molar-refractivity contribution < 1.29 is 28.6 Å². The van der Waals surface area contributed by atoms with Gasteiger partial charge in [-0.1, -0.05) is 19.9 Å². The third kappa shape index (κ3) is 6.38. The molecule has 7 nitrogen and oxygen atoms in total. The average Bonchev–Trinajstić information content (AvgIpc) is 3.20. The molecule has 2 amide bonds. The standard InChI is InChI=1S/C20H23NO6S/c1-4-25-16-10-14(7-8-15(16)26-11-13(2)3)20(24)27-12-18(22)21-19(23)17-6-5-9-28-17/h5-10,13H,4,11-12H2,1-3H3,(H,21,22,23). The Labute approximate surface area is 167 Å². The van der Waals surface area contributed by atoms with Gasteiger partial charge < -0.3 is 14.2 Å². The lowest BCUT2D eigenvalue weighted by Crippen LogP contribution is -2.33. The van der Waals surface area contributed by atoms with Crippen LogP contribution in [0, 0.1) is 5.92 Å². The van der Waals surface area contributed by atoms with Gasteiger partial charge in [0.15, 0.2) is 18.1 Å². The number of esters is 1. The first kappa shape index (κ1) is 21.4. The van der Waals surface area contributed by atoms with Crippen molar-refractivity contribution in [2.45, 2.75) is 20.8 Å². The molecule has 1 aromatic heterocycles. The van der Waals surface area contributed by atoms with E-state index in [2.05, 4.69) is 5.32 Å². The summed E-state index contributed by atoms with van der Waals surface area (Å²) < 4.78 is 16.2. The minimum atomic E-state index is -0.700. The van der Waals surface area contributed by atoms with Crippen LogP contribution in [0.3, 0.4) is 0 Å². The summed E-state index contributed by atoms with van der Waals surface area (Å²) in [6.45, 7) is 6.24. The lowest BCUT2D eigenvalue weighted by Gasteiger charge is -2.14. The number of hydrogen-bond donors (Lipinski definition) is 1. The molecule has 0 bridgehead atoms. The van der Waals surface area contributed by atoms with Gasteiger partial charge in [-0.2, -0.15) is 0 Å². The molecule has 0 aliphatic rings. The normalized spacial score (nSPS) is 10.4. The zero-order valence-corrected chi connectivity index (χ0v) is 16.8. The van der Waals surface area contributed by atoms with E-state index in [1.54, 1.807) is 23.6 Å². The third-order valence-electron chi connectivity index (χ3n) is 3.38. The van der Waals surface area contributed by atoms with Crippen LogP contribution in [-0.4, -0.2) is 37.6 Å². The number of ether oxygens (including phenoxy) is 3. The van der Waals surface area contributed by atoms with Crippen molar-refractivity contribution in [2.75, 3.05) is 19.8 Å². The minimum Gasteiger partial charge on any atom is -0.490 e. The molecule has 0 saturated carbocycles. The van der Waals surface area contributed by atoms with Gasteiger partial charge in [-0.15, -0.1) is 11.3 Å². The summed E-state index contributed by atoms with van der Waals surface area (Å²) in [6, 6.07) is 7.97. The molecule has 2 aromatic rings. The summed E-state index contributed by atoms with van der Waals surface area (Å²) >= 11 is 1.21. The Balaban J connectivity index is 1.94. The van der Waals surface area contributed by atoms with Crippen molar-refractivity contribution in [2.24, 2.45) is 5.92 Å². The quantitative estimate of drug-likeness (QED) is 0.644. The highest BCUT2D eigenvalue weighted by atomic mass is 32.1. The molecule has 0 saturated heterocycles. The zero-order valence-electron chi connectivity index (χ0n) is 16.0. The predicted molar refractivity (Wildman–Crippen MR) is 105 cm³/mol. The molecule has 1 N–H and O–H groups in total. The highest BCUT2D eigenvalue weighted by Gasteiger charge is 2.16. The first-order chi connectivity index (χ1) is 13.4. The van der Waals surface area contributed by atoms with Crippen LogP contribution in [0.2, 0.25) is 0 Å². The summed E-state index contributed by atoms with van der Waals surface area (Å²) in [5.74, 6) is -0.624. The highest BCUT2D eigenvalue weighted by molar-refractivity contribution is 7.12. The molecule has 8 heteroatoms. The summed E-state index contributed by atoms with van der Waals surface area (Å²) in [5.41, 5.74) is 0.220. The SMILES string of the molecule is CCOc1cc(C(=O)OCC(=O)NC(=O)c2cccs2)ccc1OCC(C)C. The number of hydrogen-bond acceptors (Lipinski definition) is 7. The van der Waals surface area contributed by atoms with Crippen LogP contribution < -0.4 is 14.8 Å². The number of amides is 2. The number of thiophene rings is 1. The number of imide groups is 1. The molecule has 1 aromatic carbocycles. The Kier molecular flexibility index (Phi) is 8.01. The van der Waals surface area contributed by atoms with Crippen LogP contribution in [0.15, 0.2) is 35.7 Å². The van der Waals surface area contributed by atoms with Gasteiger partial charge in [-0.25, -0.2) is 4.79 Å². The van der Waals surface area contributed by atoms with Gasteiger partial charge in [0, 0.05) is 0 Å². The Morgan fingerprint density at radius 3 is 2.54 bits per heavy atom. The molecule has 150 valence electrons. The second-order valence-electron chi connectivity index (χ2n) is 6.23. The van der Waals surface area contributed by atoms with Gasteiger partial charge in [0.1, 0.15) is 0 Å². The van der Waals surface area contributed by atoms with Crippen LogP contribution in [0.5, 0.6) is 11.5 Å². The van der Waals surface area contributed by atoms with Gasteiger partial charge >= 0.3 is 5.97 Å². The van der Waals surface area contributed by atoms with E-state index in [0.717, 1.165) is 0 Å². The number of nitrogens with one attached hydrogen (secondary N) is 1. The largest absolute Gasteiger partial charge is 0.490 e. The van der Waals surface area contributed by atoms with E-state index >= 15 is 0 Å². The van der Waals surface area contributed by atoms with Crippen LogP contribution in [-0.2, 0) is 9.53 Å². The molecular formula is C20H23NO6S. The molecule has 0 atom stereocenters. The predicted octanol–water partition coefficient (Wildman–Crippen LogP) is 3.30. The van der Waals surface area contributed by atoms with Crippen molar-refractivity contribution in [3.8, 4) is 11.5 Å². The molecule has 0 radical (unpaired) electrons. The van der Waals surface area contributed by atoms with E-state index in [4.69, 9.17) is 14.2 Å². The minimum absolute atomic E-state index is 0.220. The number of carbonyl (C=O) groups excluding carboxylic acids is 3. The van der Waals surface area contributed by atoms with E-state index < -0.39 is 24.4 Å². The maximum absolute atomic E-state index is 12.2. The average molecular weight is 405 g/mol. The Hall–Kier alpha value is -2.87. The molecule has 2 rings (SSSR count). The Morgan fingerprint density at radius 1 is 1.11 bits per heavy atom. The fourth-order valence-electron chi connectivity index (χ4n) is 2.13. The topological polar surface area (TPSA) is 90.9 Å². The molecule has 0 aliphatic carbocycles. The van der Waals surface area contributed by atoms with Crippen molar-refractivity contribution in [1.29, 1.82) is 0 Å². The molecule has 28 heavy (non-hydrogen) atoms. The van der Waals surface area contributed by atoms with Gasteiger partial charge in [-0.3, -0.25) is 14.9 Å². The highest BCUT2D eigenvalue weighted by Crippen LogP contribution is 2.29. The molecular weight excluding hydrogens is 382 g/mol. The maximum atomic E-state index is 12.2. The van der Waals surface area contributed by atoms with E-state index in [9.17, 15) is 14.4 Å². The number of rotatable bonds is 9. The summed E-state index contributed by atoms with van der Waals surface area (Å²) in [7, 11) is 0. The Bertz CT molecular complexity index is 816. The van der Waals surface area contributed by atoms with E-state index in [1.165, 1.54) is 23.5 Å². The van der Waals surface area contributed by atoms with Gasteiger partial charge in [0.25, 0.3) is 11.8 Å². The molecule has 0 fully saturated rings. The smallest absolute Gasteiger partial charge is 0.338 e. The Morgan fingerprint density at radius 2 is 1.89 bits per heavy atom.